The summed E-state index contributed by atoms with van der Waals surface area (Å²) in [6.07, 6.45) is 1.83. The first kappa shape index (κ1) is 15.6. The first-order valence-corrected chi connectivity index (χ1v) is 7.93. The molecule has 0 aliphatic carbocycles. The molecule has 1 aliphatic heterocycles. The predicted octanol–water partition coefficient (Wildman–Crippen LogP) is 3.24. The average Bonchev–Trinajstić information content (AvgIpc) is 3.04. The smallest absolute Gasteiger partial charge is 0.231 e. The van der Waals surface area contributed by atoms with E-state index >= 15 is 0 Å². The molecule has 1 amide bonds. The van der Waals surface area contributed by atoms with E-state index in [0.717, 1.165) is 19.4 Å². The zero-order valence-electron chi connectivity index (χ0n) is 13.3. The highest BCUT2D eigenvalue weighted by Crippen LogP contribution is 2.28. The Balaban J connectivity index is 1.76. The van der Waals surface area contributed by atoms with Crippen molar-refractivity contribution in [2.24, 2.45) is 5.92 Å². The van der Waals surface area contributed by atoms with Crippen molar-refractivity contribution in [3.05, 3.63) is 36.0 Å². The van der Waals surface area contributed by atoms with E-state index in [9.17, 15) is 9.18 Å². The largest absolute Gasteiger partial charge is 0.342 e. The Hall–Kier alpha value is -2.24. The molecule has 1 aromatic carbocycles. The summed E-state index contributed by atoms with van der Waals surface area (Å²) in [6.45, 7) is 5.18. The van der Waals surface area contributed by atoms with Crippen LogP contribution in [0.5, 0.6) is 0 Å². The summed E-state index contributed by atoms with van der Waals surface area (Å²) >= 11 is 0. The maximum Gasteiger partial charge on any atom is 0.231 e. The number of nitrogens with zero attached hydrogens (tertiary/aromatic N) is 3. The lowest BCUT2D eigenvalue weighted by Gasteiger charge is -2.32. The molecule has 0 spiro atoms. The van der Waals surface area contributed by atoms with Crippen LogP contribution < -0.4 is 0 Å². The number of hydrogen-bond acceptors (Lipinski definition) is 4. The highest BCUT2D eigenvalue weighted by atomic mass is 19.1. The summed E-state index contributed by atoms with van der Waals surface area (Å²) in [4.78, 5) is 18.4. The number of halogens is 1. The molecule has 1 atom stereocenters. The summed E-state index contributed by atoms with van der Waals surface area (Å²) in [7, 11) is 0. The quantitative estimate of drug-likeness (QED) is 0.872. The molecule has 1 aliphatic rings. The molecule has 5 nitrogen and oxygen atoms in total. The molecule has 2 aromatic rings. The van der Waals surface area contributed by atoms with E-state index in [-0.39, 0.29) is 23.6 Å². The normalized spacial score (nSPS) is 18.4. The summed E-state index contributed by atoms with van der Waals surface area (Å²) in [5.74, 6) is 0.748. The highest BCUT2D eigenvalue weighted by molar-refractivity contribution is 5.78. The molecule has 1 aromatic heterocycles. The minimum atomic E-state index is -0.333. The molecular weight excluding hydrogens is 297 g/mol. The second kappa shape index (κ2) is 6.48. The van der Waals surface area contributed by atoms with Gasteiger partial charge in [-0.1, -0.05) is 31.1 Å². The van der Waals surface area contributed by atoms with Gasteiger partial charge in [0.1, 0.15) is 5.82 Å². The number of hydrogen-bond donors (Lipinski definition) is 0. The Kier molecular flexibility index (Phi) is 4.41. The third-order valence-corrected chi connectivity index (χ3v) is 4.10. The number of aromatic nitrogens is 2. The minimum Gasteiger partial charge on any atom is -0.342 e. The van der Waals surface area contributed by atoms with Crippen LogP contribution in [-0.2, 0) is 4.79 Å². The highest BCUT2D eigenvalue weighted by Gasteiger charge is 2.29. The molecule has 0 N–H and O–H groups in total. The van der Waals surface area contributed by atoms with Crippen LogP contribution in [0.1, 0.15) is 38.5 Å². The Bertz CT molecular complexity index is 699. The molecule has 6 heteroatoms. The fourth-order valence-corrected chi connectivity index (χ4v) is 2.89. The molecule has 2 heterocycles. The van der Waals surface area contributed by atoms with Crippen LogP contribution in [0.3, 0.4) is 0 Å². The Morgan fingerprint density at radius 1 is 1.43 bits per heavy atom. The van der Waals surface area contributed by atoms with Crippen LogP contribution in [0, 0.1) is 11.7 Å². The standard InChI is InChI=1S/C17H20FN3O2/c1-11(2)17(22)21-8-4-6-13(10-21)16-19-15(20-23-16)12-5-3-7-14(18)9-12/h3,5,7,9,11,13H,4,6,8,10H2,1-2H3. The van der Waals surface area contributed by atoms with E-state index in [1.54, 1.807) is 12.1 Å². The SMILES string of the molecule is CC(C)C(=O)N1CCCC(c2nc(-c3cccc(F)c3)no2)C1. The van der Waals surface area contributed by atoms with Gasteiger partial charge in [0.25, 0.3) is 0 Å². The number of benzene rings is 1. The van der Waals surface area contributed by atoms with Gasteiger partial charge in [-0.25, -0.2) is 4.39 Å². The number of amides is 1. The first-order chi connectivity index (χ1) is 11.0. The minimum absolute atomic E-state index is 0.0145. The van der Waals surface area contributed by atoms with Gasteiger partial charge in [-0.15, -0.1) is 0 Å². The maximum absolute atomic E-state index is 13.3. The fourth-order valence-electron chi connectivity index (χ4n) is 2.89. The van der Waals surface area contributed by atoms with Gasteiger partial charge in [-0.3, -0.25) is 4.79 Å². The van der Waals surface area contributed by atoms with E-state index in [1.807, 2.05) is 18.7 Å². The van der Waals surface area contributed by atoms with Gasteiger partial charge in [-0.2, -0.15) is 4.98 Å². The fraction of sp³-hybridized carbons (Fsp3) is 0.471. The lowest BCUT2D eigenvalue weighted by atomic mass is 9.97. The van der Waals surface area contributed by atoms with Crippen molar-refractivity contribution in [3.63, 3.8) is 0 Å². The second-order valence-electron chi connectivity index (χ2n) is 6.24. The number of carbonyl (C=O) groups excluding carboxylic acids is 1. The molecule has 1 saturated heterocycles. The third-order valence-electron chi connectivity index (χ3n) is 4.10. The van der Waals surface area contributed by atoms with Crippen molar-refractivity contribution in [1.29, 1.82) is 0 Å². The van der Waals surface area contributed by atoms with Crippen LogP contribution in [0.15, 0.2) is 28.8 Å². The molecule has 0 radical (unpaired) electrons. The van der Waals surface area contributed by atoms with Crippen LogP contribution in [0.2, 0.25) is 0 Å². The summed E-state index contributed by atoms with van der Waals surface area (Å²) in [5.41, 5.74) is 0.589. The zero-order valence-corrected chi connectivity index (χ0v) is 13.3. The second-order valence-corrected chi connectivity index (χ2v) is 6.24. The lowest BCUT2D eigenvalue weighted by Crippen LogP contribution is -2.41. The van der Waals surface area contributed by atoms with E-state index in [2.05, 4.69) is 10.1 Å². The van der Waals surface area contributed by atoms with Gasteiger partial charge in [0, 0.05) is 24.6 Å². The van der Waals surface area contributed by atoms with E-state index < -0.39 is 0 Å². The van der Waals surface area contributed by atoms with Gasteiger partial charge >= 0.3 is 0 Å². The molecule has 3 rings (SSSR count). The van der Waals surface area contributed by atoms with Gasteiger partial charge < -0.3 is 9.42 Å². The summed E-state index contributed by atoms with van der Waals surface area (Å²) in [6, 6.07) is 6.11. The number of carbonyl (C=O) groups is 1. The zero-order chi connectivity index (χ0) is 16.4. The van der Waals surface area contributed by atoms with Gasteiger partial charge in [0.05, 0.1) is 5.92 Å². The number of rotatable bonds is 3. The molecule has 1 unspecified atom stereocenters. The molecule has 0 bridgehead atoms. The van der Waals surface area contributed by atoms with Gasteiger partial charge in [0.2, 0.25) is 17.6 Å². The summed E-state index contributed by atoms with van der Waals surface area (Å²) < 4.78 is 18.7. The lowest BCUT2D eigenvalue weighted by molar-refractivity contribution is -0.135. The number of likely N-dealkylation sites (tertiary alicyclic amines) is 1. The molecule has 122 valence electrons. The van der Waals surface area contributed by atoms with Crippen molar-refractivity contribution in [2.75, 3.05) is 13.1 Å². The van der Waals surface area contributed by atoms with Crippen LogP contribution >= 0.6 is 0 Å². The van der Waals surface area contributed by atoms with Crippen LogP contribution in [-0.4, -0.2) is 34.0 Å². The molecule has 23 heavy (non-hydrogen) atoms. The van der Waals surface area contributed by atoms with E-state index in [1.165, 1.54) is 12.1 Å². The third kappa shape index (κ3) is 3.41. The average molecular weight is 317 g/mol. The van der Waals surface area contributed by atoms with E-state index in [0.29, 0.717) is 23.8 Å². The summed E-state index contributed by atoms with van der Waals surface area (Å²) in [5, 5.41) is 3.95. The number of piperidine rings is 1. The maximum atomic E-state index is 13.3. The Labute approximate surface area is 134 Å². The molecule has 0 saturated carbocycles. The first-order valence-electron chi connectivity index (χ1n) is 7.93. The molecule has 1 fully saturated rings. The van der Waals surface area contributed by atoms with Crippen LogP contribution in [0.4, 0.5) is 4.39 Å². The monoisotopic (exact) mass is 317 g/mol. The van der Waals surface area contributed by atoms with Crippen molar-refractivity contribution >= 4 is 5.91 Å². The predicted molar refractivity (Wildman–Crippen MR) is 83.1 cm³/mol. The van der Waals surface area contributed by atoms with Crippen molar-refractivity contribution in [1.82, 2.24) is 15.0 Å². The van der Waals surface area contributed by atoms with E-state index in [4.69, 9.17) is 4.52 Å². The van der Waals surface area contributed by atoms with Crippen molar-refractivity contribution in [3.8, 4) is 11.4 Å². The Morgan fingerprint density at radius 2 is 2.26 bits per heavy atom. The topological polar surface area (TPSA) is 59.2 Å². The van der Waals surface area contributed by atoms with Gasteiger partial charge in [-0.05, 0) is 25.0 Å². The molecular formula is C17H20FN3O2. The van der Waals surface area contributed by atoms with Crippen molar-refractivity contribution in [2.45, 2.75) is 32.6 Å². The van der Waals surface area contributed by atoms with Crippen molar-refractivity contribution < 1.29 is 13.7 Å². The van der Waals surface area contributed by atoms with Crippen LogP contribution in [0.25, 0.3) is 11.4 Å². The van der Waals surface area contributed by atoms with Gasteiger partial charge in [0.15, 0.2) is 0 Å². The Morgan fingerprint density at radius 3 is 3.00 bits per heavy atom.